The number of benzene rings is 2. The molecule has 0 radical (unpaired) electrons. The molecule has 0 aliphatic heterocycles. The average molecular weight is 405 g/mol. The standard InChI is InChI=1S/C24H23NO5/c1-14-11-19-22(23-21(14)18(13-29-23)16-7-5-4-6-8-16)15(2)17(24(27)30-19)12-20(26)25-9-10-28-3/h4-8,11,13H,9-10,12H2,1-3H3,(H,25,26). The number of carbonyl (C=O) groups excluding carboxylic acids is 1. The van der Waals surface area contributed by atoms with Crippen LogP contribution in [0.25, 0.3) is 33.1 Å². The van der Waals surface area contributed by atoms with E-state index in [0.29, 0.717) is 35.4 Å². The molecular weight excluding hydrogens is 382 g/mol. The third-order valence-corrected chi connectivity index (χ3v) is 5.33. The molecule has 2 aromatic heterocycles. The maximum Gasteiger partial charge on any atom is 0.340 e. The van der Waals surface area contributed by atoms with Gasteiger partial charge in [-0.3, -0.25) is 4.79 Å². The Kier molecular flexibility index (Phi) is 5.42. The highest BCUT2D eigenvalue weighted by Crippen LogP contribution is 2.38. The van der Waals surface area contributed by atoms with E-state index in [-0.39, 0.29) is 12.3 Å². The fourth-order valence-corrected chi connectivity index (χ4v) is 3.84. The molecule has 0 unspecified atom stereocenters. The Labute approximate surface area is 173 Å². The van der Waals surface area contributed by atoms with Crippen LogP contribution in [-0.4, -0.2) is 26.2 Å². The Morgan fingerprint density at radius 3 is 2.63 bits per heavy atom. The van der Waals surface area contributed by atoms with Crippen LogP contribution in [0.15, 0.2) is 56.3 Å². The van der Waals surface area contributed by atoms with Crippen LogP contribution in [0.1, 0.15) is 16.7 Å². The molecule has 0 atom stereocenters. The van der Waals surface area contributed by atoms with Crippen molar-refractivity contribution >= 4 is 27.8 Å². The van der Waals surface area contributed by atoms with Crippen LogP contribution < -0.4 is 10.9 Å². The second-order valence-electron chi connectivity index (χ2n) is 7.30. The first-order chi connectivity index (χ1) is 14.5. The molecule has 4 rings (SSSR count). The van der Waals surface area contributed by atoms with E-state index in [1.165, 1.54) is 0 Å². The van der Waals surface area contributed by atoms with Crippen molar-refractivity contribution in [1.82, 2.24) is 5.32 Å². The molecule has 0 aliphatic rings. The average Bonchev–Trinajstić information content (AvgIpc) is 3.17. The fourth-order valence-electron chi connectivity index (χ4n) is 3.84. The molecule has 2 aromatic carbocycles. The first-order valence-corrected chi connectivity index (χ1v) is 9.79. The van der Waals surface area contributed by atoms with Gasteiger partial charge in [0.25, 0.3) is 0 Å². The van der Waals surface area contributed by atoms with Gasteiger partial charge in [0, 0.05) is 24.6 Å². The van der Waals surface area contributed by atoms with Gasteiger partial charge in [0.15, 0.2) is 0 Å². The summed E-state index contributed by atoms with van der Waals surface area (Å²) in [5.74, 6) is -0.255. The van der Waals surface area contributed by atoms with Crippen molar-refractivity contribution in [2.24, 2.45) is 0 Å². The smallest absolute Gasteiger partial charge is 0.340 e. The predicted molar refractivity (Wildman–Crippen MR) is 116 cm³/mol. The number of methoxy groups -OCH3 is 1. The molecular formula is C24H23NO5. The molecule has 0 saturated heterocycles. The van der Waals surface area contributed by atoms with E-state index in [2.05, 4.69) is 5.32 Å². The summed E-state index contributed by atoms with van der Waals surface area (Å²) in [5, 5.41) is 4.43. The first kappa shape index (κ1) is 19.9. The summed E-state index contributed by atoms with van der Waals surface area (Å²) in [4.78, 5) is 24.9. The summed E-state index contributed by atoms with van der Waals surface area (Å²) in [6.07, 6.45) is 1.67. The van der Waals surface area contributed by atoms with Gasteiger partial charge in [-0.2, -0.15) is 0 Å². The van der Waals surface area contributed by atoms with E-state index in [4.69, 9.17) is 13.6 Å². The van der Waals surface area contributed by atoms with E-state index in [1.807, 2.05) is 50.2 Å². The normalized spacial score (nSPS) is 11.3. The lowest BCUT2D eigenvalue weighted by Gasteiger charge is -2.10. The molecule has 4 aromatic rings. The third-order valence-electron chi connectivity index (χ3n) is 5.33. The van der Waals surface area contributed by atoms with Gasteiger partial charge in [0.2, 0.25) is 5.91 Å². The van der Waals surface area contributed by atoms with Crippen molar-refractivity contribution in [1.29, 1.82) is 0 Å². The number of ether oxygens (including phenoxy) is 1. The molecule has 0 saturated carbocycles. The van der Waals surface area contributed by atoms with E-state index in [0.717, 1.165) is 27.5 Å². The highest BCUT2D eigenvalue weighted by atomic mass is 16.5. The second-order valence-corrected chi connectivity index (χ2v) is 7.30. The van der Waals surface area contributed by atoms with Crippen LogP contribution in [0.5, 0.6) is 0 Å². The number of furan rings is 1. The van der Waals surface area contributed by atoms with Gasteiger partial charge in [-0.1, -0.05) is 30.3 Å². The third kappa shape index (κ3) is 3.50. The molecule has 2 heterocycles. The van der Waals surface area contributed by atoms with Gasteiger partial charge in [-0.25, -0.2) is 4.79 Å². The van der Waals surface area contributed by atoms with Crippen molar-refractivity contribution in [3.8, 4) is 11.1 Å². The van der Waals surface area contributed by atoms with Gasteiger partial charge in [0.1, 0.15) is 11.2 Å². The topological polar surface area (TPSA) is 81.7 Å². The molecule has 154 valence electrons. The number of hydrogen-bond donors (Lipinski definition) is 1. The van der Waals surface area contributed by atoms with Crippen LogP contribution in [0.3, 0.4) is 0 Å². The van der Waals surface area contributed by atoms with Crippen LogP contribution in [0.2, 0.25) is 0 Å². The molecule has 30 heavy (non-hydrogen) atoms. The zero-order valence-electron chi connectivity index (χ0n) is 17.2. The molecule has 0 bridgehead atoms. The Bertz CT molecular complexity index is 1280. The van der Waals surface area contributed by atoms with Crippen molar-refractivity contribution in [2.45, 2.75) is 20.3 Å². The van der Waals surface area contributed by atoms with Crippen molar-refractivity contribution in [3.63, 3.8) is 0 Å². The number of rotatable bonds is 6. The van der Waals surface area contributed by atoms with Crippen LogP contribution in [-0.2, 0) is 16.0 Å². The van der Waals surface area contributed by atoms with Gasteiger partial charge >= 0.3 is 5.63 Å². The highest BCUT2D eigenvalue weighted by molar-refractivity contribution is 6.11. The van der Waals surface area contributed by atoms with Gasteiger partial charge < -0.3 is 18.9 Å². The monoisotopic (exact) mass is 405 g/mol. The zero-order chi connectivity index (χ0) is 21.3. The second kappa shape index (κ2) is 8.16. The SMILES string of the molecule is COCCNC(=O)Cc1c(C)c2c(cc(C)c3c(-c4ccccc4)coc32)oc1=O. The molecule has 1 amide bonds. The Morgan fingerprint density at radius 1 is 1.13 bits per heavy atom. The summed E-state index contributed by atoms with van der Waals surface area (Å²) in [5.41, 5.74) is 4.63. The molecule has 1 N–H and O–H groups in total. The minimum absolute atomic E-state index is 0.0601. The molecule has 0 fully saturated rings. The van der Waals surface area contributed by atoms with E-state index < -0.39 is 5.63 Å². The fraction of sp³-hybridized carbons (Fsp3) is 0.250. The summed E-state index contributed by atoms with van der Waals surface area (Å²) in [7, 11) is 1.56. The van der Waals surface area contributed by atoms with Crippen LogP contribution in [0, 0.1) is 13.8 Å². The Balaban J connectivity index is 1.86. The van der Waals surface area contributed by atoms with E-state index >= 15 is 0 Å². The summed E-state index contributed by atoms with van der Waals surface area (Å²) < 4.78 is 16.5. The van der Waals surface area contributed by atoms with E-state index in [1.54, 1.807) is 13.4 Å². The highest BCUT2D eigenvalue weighted by Gasteiger charge is 2.21. The lowest BCUT2D eigenvalue weighted by Crippen LogP contribution is -2.30. The quantitative estimate of drug-likeness (QED) is 0.385. The molecule has 6 nitrogen and oxygen atoms in total. The number of carbonyl (C=O) groups is 1. The largest absolute Gasteiger partial charge is 0.463 e. The zero-order valence-corrected chi connectivity index (χ0v) is 17.2. The van der Waals surface area contributed by atoms with Gasteiger partial charge in [0.05, 0.1) is 30.2 Å². The van der Waals surface area contributed by atoms with Crippen LogP contribution >= 0.6 is 0 Å². The lowest BCUT2D eigenvalue weighted by molar-refractivity contribution is -0.120. The summed E-state index contributed by atoms with van der Waals surface area (Å²) >= 11 is 0. The lowest BCUT2D eigenvalue weighted by atomic mass is 9.96. The van der Waals surface area contributed by atoms with Crippen molar-refractivity contribution in [3.05, 3.63) is 69.8 Å². The maximum absolute atomic E-state index is 12.6. The number of aryl methyl sites for hydroxylation is 2. The Morgan fingerprint density at radius 2 is 1.90 bits per heavy atom. The molecule has 6 heteroatoms. The number of hydrogen-bond acceptors (Lipinski definition) is 5. The minimum Gasteiger partial charge on any atom is -0.463 e. The molecule has 0 spiro atoms. The maximum atomic E-state index is 12.6. The minimum atomic E-state index is -0.504. The molecule has 0 aliphatic carbocycles. The van der Waals surface area contributed by atoms with Crippen molar-refractivity contribution in [2.75, 3.05) is 20.3 Å². The van der Waals surface area contributed by atoms with Gasteiger partial charge in [-0.05, 0) is 36.6 Å². The van der Waals surface area contributed by atoms with E-state index in [9.17, 15) is 9.59 Å². The Hall–Kier alpha value is -3.38. The summed E-state index contributed by atoms with van der Waals surface area (Å²) in [6.45, 7) is 4.59. The van der Waals surface area contributed by atoms with Crippen molar-refractivity contribution < 1.29 is 18.4 Å². The number of nitrogens with one attached hydrogen (secondary N) is 1. The number of amides is 1. The van der Waals surface area contributed by atoms with Gasteiger partial charge in [-0.15, -0.1) is 0 Å². The predicted octanol–water partition coefficient (Wildman–Crippen LogP) is 4.13. The number of fused-ring (bicyclic) bond motifs is 3. The first-order valence-electron chi connectivity index (χ1n) is 9.79. The summed E-state index contributed by atoms with van der Waals surface area (Å²) in [6, 6.07) is 11.8. The van der Waals surface area contributed by atoms with Crippen LogP contribution in [0.4, 0.5) is 0 Å².